The number of unbranched alkanes of at least 4 members (excludes halogenated alkanes) is 15. The highest BCUT2D eigenvalue weighted by Gasteiger charge is 2.09. The van der Waals surface area contributed by atoms with Crippen LogP contribution in [0.2, 0.25) is 0 Å². The van der Waals surface area contributed by atoms with E-state index >= 15 is 0 Å². The summed E-state index contributed by atoms with van der Waals surface area (Å²) >= 11 is 0. The fraction of sp³-hybridized carbons (Fsp3) is 1.00. The normalized spacial score (nSPS) is 11.9. The fourth-order valence-corrected chi connectivity index (χ4v) is 3.67. The summed E-state index contributed by atoms with van der Waals surface area (Å²) in [6.07, 6.45) is 20.9. The molecule has 0 rings (SSSR count). The molecule has 0 aliphatic rings. The third-order valence-electron chi connectivity index (χ3n) is 4.49. The predicted molar refractivity (Wildman–Crippen MR) is 106 cm³/mol. The van der Waals surface area contributed by atoms with Crippen LogP contribution < -0.4 is 0 Å². The SMILES string of the molecule is CCCCCCCCCCCCCCCCCCOS(=O)(=O)OCC. The van der Waals surface area contributed by atoms with Gasteiger partial charge in [0.1, 0.15) is 0 Å². The molecular weight excluding hydrogens is 336 g/mol. The molecule has 0 unspecified atom stereocenters. The van der Waals surface area contributed by atoms with Gasteiger partial charge in [0, 0.05) is 0 Å². The number of rotatable bonds is 20. The van der Waals surface area contributed by atoms with Crippen LogP contribution >= 0.6 is 0 Å². The van der Waals surface area contributed by atoms with Gasteiger partial charge in [-0.2, -0.15) is 8.42 Å². The van der Waals surface area contributed by atoms with E-state index in [1.807, 2.05) is 0 Å². The van der Waals surface area contributed by atoms with Crippen molar-refractivity contribution in [2.24, 2.45) is 0 Å². The Balaban J connectivity index is 3.12. The molecule has 0 saturated carbocycles. The molecule has 0 aromatic carbocycles. The third kappa shape index (κ3) is 20.0. The van der Waals surface area contributed by atoms with Crippen molar-refractivity contribution in [1.29, 1.82) is 0 Å². The lowest BCUT2D eigenvalue weighted by Crippen LogP contribution is -2.10. The van der Waals surface area contributed by atoms with Gasteiger partial charge in [0.15, 0.2) is 0 Å². The summed E-state index contributed by atoms with van der Waals surface area (Å²) in [5.74, 6) is 0. The molecule has 0 aromatic heterocycles. The Morgan fingerprint density at radius 3 is 1.24 bits per heavy atom. The highest BCUT2D eigenvalue weighted by molar-refractivity contribution is 7.81. The molecule has 0 aliphatic heterocycles. The molecule has 0 fully saturated rings. The van der Waals surface area contributed by atoms with E-state index in [1.165, 1.54) is 83.5 Å². The van der Waals surface area contributed by atoms with Crippen LogP contribution in [-0.4, -0.2) is 21.6 Å². The first-order chi connectivity index (χ1) is 12.1. The quantitative estimate of drug-likeness (QED) is 0.225. The van der Waals surface area contributed by atoms with Crippen molar-refractivity contribution in [3.63, 3.8) is 0 Å². The van der Waals surface area contributed by atoms with Crippen LogP contribution in [0.1, 0.15) is 117 Å². The van der Waals surface area contributed by atoms with E-state index in [2.05, 4.69) is 11.1 Å². The second-order valence-corrected chi connectivity index (χ2v) is 8.23. The Bertz CT molecular complexity index is 355. The largest absolute Gasteiger partial charge is 0.399 e. The smallest absolute Gasteiger partial charge is 0.248 e. The van der Waals surface area contributed by atoms with Gasteiger partial charge in [0.25, 0.3) is 0 Å². The van der Waals surface area contributed by atoms with Gasteiger partial charge in [-0.1, -0.05) is 103 Å². The highest BCUT2D eigenvalue weighted by atomic mass is 32.3. The van der Waals surface area contributed by atoms with Gasteiger partial charge in [-0.05, 0) is 13.3 Å². The van der Waals surface area contributed by atoms with E-state index in [-0.39, 0.29) is 13.2 Å². The third-order valence-corrected chi connectivity index (χ3v) is 5.47. The molecule has 0 spiro atoms. The van der Waals surface area contributed by atoms with Crippen LogP contribution in [0.4, 0.5) is 0 Å². The first-order valence-electron chi connectivity index (χ1n) is 10.7. The summed E-state index contributed by atoms with van der Waals surface area (Å²) in [5, 5.41) is 0. The van der Waals surface area contributed by atoms with E-state index in [9.17, 15) is 8.42 Å². The molecule has 0 radical (unpaired) electrons. The summed E-state index contributed by atoms with van der Waals surface area (Å²) < 4.78 is 31.5. The van der Waals surface area contributed by atoms with Gasteiger partial charge in [0.2, 0.25) is 0 Å². The van der Waals surface area contributed by atoms with Crippen LogP contribution in [0, 0.1) is 0 Å². The van der Waals surface area contributed by atoms with Gasteiger partial charge in [-0.3, -0.25) is 0 Å². The first kappa shape index (κ1) is 24.9. The molecule has 0 aliphatic carbocycles. The van der Waals surface area contributed by atoms with Crippen molar-refractivity contribution in [3.05, 3.63) is 0 Å². The average Bonchev–Trinajstić information content (AvgIpc) is 2.57. The van der Waals surface area contributed by atoms with E-state index in [1.54, 1.807) is 6.92 Å². The molecule has 0 atom stereocenters. The van der Waals surface area contributed by atoms with Gasteiger partial charge >= 0.3 is 10.4 Å². The molecule has 0 heterocycles. The summed E-state index contributed by atoms with van der Waals surface area (Å²) in [6.45, 7) is 4.27. The van der Waals surface area contributed by atoms with Gasteiger partial charge in [-0.15, -0.1) is 0 Å². The lowest BCUT2D eigenvalue weighted by atomic mass is 10.0. The molecule has 0 amide bonds. The second-order valence-electron chi connectivity index (χ2n) is 6.94. The Morgan fingerprint density at radius 1 is 0.520 bits per heavy atom. The topological polar surface area (TPSA) is 52.6 Å². The van der Waals surface area contributed by atoms with Gasteiger partial charge in [-0.25, -0.2) is 8.37 Å². The molecule has 0 bridgehead atoms. The van der Waals surface area contributed by atoms with Crippen molar-refractivity contribution in [1.82, 2.24) is 0 Å². The standard InChI is InChI=1S/C20H42O4S/c1-3-5-6-7-8-9-10-11-12-13-14-15-16-17-18-19-20-24-25(21,22)23-4-2/h3-20H2,1-2H3. The Hall–Kier alpha value is -0.130. The van der Waals surface area contributed by atoms with Gasteiger partial charge < -0.3 is 0 Å². The minimum absolute atomic E-state index is 0.126. The minimum atomic E-state index is -3.75. The lowest BCUT2D eigenvalue weighted by Gasteiger charge is -2.05. The lowest BCUT2D eigenvalue weighted by molar-refractivity contribution is 0.218. The zero-order valence-corrected chi connectivity index (χ0v) is 17.6. The molecule has 4 nitrogen and oxygen atoms in total. The molecule has 25 heavy (non-hydrogen) atoms. The van der Waals surface area contributed by atoms with Crippen molar-refractivity contribution < 1.29 is 16.8 Å². The van der Waals surface area contributed by atoms with E-state index in [4.69, 9.17) is 4.18 Å². The van der Waals surface area contributed by atoms with Crippen molar-refractivity contribution in [2.75, 3.05) is 13.2 Å². The van der Waals surface area contributed by atoms with Crippen molar-refractivity contribution in [3.8, 4) is 0 Å². The minimum Gasteiger partial charge on any atom is -0.248 e. The number of hydrogen-bond acceptors (Lipinski definition) is 4. The zero-order valence-electron chi connectivity index (χ0n) is 16.8. The van der Waals surface area contributed by atoms with Crippen LogP contribution in [0.15, 0.2) is 0 Å². The van der Waals surface area contributed by atoms with Crippen LogP contribution in [0.3, 0.4) is 0 Å². The zero-order chi connectivity index (χ0) is 18.6. The number of hydrogen-bond donors (Lipinski definition) is 0. The Morgan fingerprint density at radius 2 is 0.880 bits per heavy atom. The molecule has 152 valence electrons. The predicted octanol–water partition coefficient (Wildman–Crippen LogP) is 6.55. The van der Waals surface area contributed by atoms with E-state index in [0.717, 1.165) is 19.3 Å². The summed E-state index contributed by atoms with van der Waals surface area (Å²) in [5.41, 5.74) is 0. The first-order valence-corrected chi connectivity index (χ1v) is 12.0. The molecule has 0 saturated heterocycles. The molecule has 0 N–H and O–H groups in total. The van der Waals surface area contributed by atoms with E-state index in [0.29, 0.717) is 0 Å². The maximum absolute atomic E-state index is 11.1. The molecule has 0 aromatic rings. The van der Waals surface area contributed by atoms with Crippen molar-refractivity contribution >= 4 is 10.4 Å². The summed E-state index contributed by atoms with van der Waals surface area (Å²) in [6, 6.07) is 0. The maximum atomic E-state index is 11.1. The molecular formula is C20H42O4S. The highest BCUT2D eigenvalue weighted by Crippen LogP contribution is 2.13. The van der Waals surface area contributed by atoms with E-state index < -0.39 is 10.4 Å². The van der Waals surface area contributed by atoms with Crippen molar-refractivity contribution in [2.45, 2.75) is 117 Å². The summed E-state index contributed by atoms with van der Waals surface area (Å²) in [4.78, 5) is 0. The second kappa shape index (κ2) is 18.7. The fourth-order valence-electron chi connectivity index (χ4n) is 2.99. The monoisotopic (exact) mass is 378 g/mol. The Labute approximate surface area is 157 Å². The van der Waals surface area contributed by atoms with Crippen LogP contribution in [0.5, 0.6) is 0 Å². The molecule has 5 heteroatoms. The maximum Gasteiger partial charge on any atom is 0.399 e. The van der Waals surface area contributed by atoms with Gasteiger partial charge in [0.05, 0.1) is 13.2 Å². The summed E-state index contributed by atoms with van der Waals surface area (Å²) in [7, 11) is -3.75. The Kier molecular flexibility index (Phi) is 18.6. The van der Waals surface area contributed by atoms with Crippen LogP contribution in [-0.2, 0) is 18.8 Å². The van der Waals surface area contributed by atoms with Crippen LogP contribution in [0.25, 0.3) is 0 Å². The average molecular weight is 379 g/mol.